The molecule has 0 fully saturated rings. The molecule has 0 aliphatic heterocycles. The van der Waals surface area contributed by atoms with Crippen LogP contribution in [0.4, 0.5) is 13.2 Å². The summed E-state index contributed by atoms with van der Waals surface area (Å²) >= 11 is 0. The molecule has 1 aromatic rings. The molecule has 1 rings (SSSR count). The van der Waals surface area contributed by atoms with Crippen molar-refractivity contribution in [2.45, 2.75) is 19.2 Å². The van der Waals surface area contributed by atoms with Crippen LogP contribution in [-0.4, -0.2) is 24.4 Å². The second-order valence-corrected chi connectivity index (χ2v) is 4.04. The standard InChI is InChI=1S/C13H13F3O4/c1-7(2)12(18)20-11(13(14,15)16)8-4-5-9(17)10(6-8)19-3/h4-6,11,17H,1H2,2-3H3. The number of phenols is 1. The van der Waals surface area contributed by atoms with Crippen molar-refractivity contribution in [3.8, 4) is 11.5 Å². The van der Waals surface area contributed by atoms with Gasteiger partial charge in [-0.2, -0.15) is 13.2 Å². The molecule has 1 aromatic carbocycles. The number of carbonyl (C=O) groups excluding carboxylic acids is 1. The Labute approximate surface area is 113 Å². The predicted molar refractivity (Wildman–Crippen MR) is 64.4 cm³/mol. The summed E-state index contributed by atoms with van der Waals surface area (Å²) in [5.41, 5.74) is -0.508. The van der Waals surface area contributed by atoms with Crippen LogP contribution in [0.25, 0.3) is 0 Å². The van der Waals surface area contributed by atoms with E-state index < -0.39 is 18.2 Å². The number of esters is 1. The lowest BCUT2D eigenvalue weighted by Crippen LogP contribution is -2.26. The van der Waals surface area contributed by atoms with Crippen LogP contribution < -0.4 is 4.74 Å². The predicted octanol–water partition coefficient (Wildman–Crippen LogP) is 3.12. The molecule has 7 heteroatoms. The van der Waals surface area contributed by atoms with Crippen molar-refractivity contribution in [3.05, 3.63) is 35.9 Å². The van der Waals surface area contributed by atoms with E-state index in [1.54, 1.807) is 0 Å². The molecule has 0 saturated heterocycles. The molecule has 20 heavy (non-hydrogen) atoms. The number of halogens is 3. The van der Waals surface area contributed by atoms with Crippen LogP contribution in [0.5, 0.6) is 11.5 Å². The van der Waals surface area contributed by atoms with Crippen LogP contribution >= 0.6 is 0 Å². The van der Waals surface area contributed by atoms with Crippen molar-refractivity contribution < 1.29 is 32.5 Å². The number of alkyl halides is 3. The lowest BCUT2D eigenvalue weighted by molar-refractivity contribution is -0.221. The molecular formula is C13H13F3O4. The lowest BCUT2D eigenvalue weighted by atomic mass is 10.1. The van der Waals surface area contributed by atoms with E-state index in [0.29, 0.717) is 0 Å². The Kier molecular flexibility index (Phi) is 4.65. The van der Waals surface area contributed by atoms with Gasteiger partial charge >= 0.3 is 12.1 Å². The molecule has 0 radical (unpaired) electrons. The minimum atomic E-state index is -4.80. The van der Waals surface area contributed by atoms with Crippen LogP contribution in [0.2, 0.25) is 0 Å². The Morgan fingerprint density at radius 2 is 2.00 bits per heavy atom. The first-order chi connectivity index (χ1) is 9.16. The lowest BCUT2D eigenvalue weighted by Gasteiger charge is -2.21. The summed E-state index contributed by atoms with van der Waals surface area (Å²) in [6.45, 7) is 4.47. The summed E-state index contributed by atoms with van der Waals surface area (Å²) in [5.74, 6) is -1.62. The van der Waals surface area contributed by atoms with Gasteiger partial charge in [-0.05, 0) is 19.1 Å². The van der Waals surface area contributed by atoms with Crippen LogP contribution in [0, 0.1) is 0 Å². The molecule has 1 N–H and O–H groups in total. The topological polar surface area (TPSA) is 55.8 Å². The molecule has 0 aliphatic carbocycles. The van der Waals surface area contributed by atoms with E-state index in [2.05, 4.69) is 11.3 Å². The molecular weight excluding hydrogens is 277 g/mol. The number of benzene rings is 1. The molecule has 0 aromatic heterocycles. The Bertz CT molecular complexity index is 523. The molecule has 0 saturated carbocycles. The van der Waals surface area contributed by atoms with Crippen molar-refractivity contribution in [3.63, 3.8) is 0 Å². The molecule has 1 atom stereocenters. The van der Waals surface area contributed by atoms with Gasteiger partial charge in [0.1, 0.15) is 0 Å². The van der Waals surface area contributed by atoms with E-state index in [9.17, 15) is 23.1 Å². The number of hydrogen-bond acceptors (Lipinski definition) is 4. The van der Waals surface area contributed by atoms with E-state index in [1.165, 1.54) is 14.0 Å². The first-order valence-corrected chi connectivity index (χ1v) is 5.47. The van der Waals surface area contributed by atoms with Gasteiger partial charge in [0.25, 0.3) is 0 Å². The highest BCUT2D eigenvalue weighted by Crippen LogP contribution is 2.39. The highest BCUT2D eigenvalue weighted by Gasteiger charge is 2.44. The zero-order valence-corrected chi connectivity index (χ0v) is 10.8. The quantitative estimate of drug-likeness (QED) is 0.683. The van der Waals surface area contributed by atoms with Gasteiger partial charge in [-0.1, -0.05) is 12.6 Å². The number of hydrogen-bond donors (Lipinski definition) is 1. The van der Waals surface area contributed by atoms with Gasteiger partial charge in [0.2, 0.25) is 6.10 Å². The summed E-state index contributed by atoms with van der Waals surface area (Å²) < 4.78 is 48.0. The Morgan fingerprint density at radius 3 is 2.45 bits per heavy atom. The van der Waals surface area contributed by atoms with Crippen LogP contribution in [0.3, 0.4) is 0 Å². The highest BCUT2D eigenvalue weighted by molar-refractivity contribution is 5.87. The van der Waals surface area contributed by atoms with Gasteiger partial charge in [-0.15, -0.1) is 0 Å². The summed E-state index contributed by atoms with van der Waals surface area (Å²) in [5, 5.41) is 9.36. The smallest absolute Gasteiger partial charge is 0.429 e. The SMILES string of the molecule is C=C(C)C(=O)OC(c1ccc(O)c(OC)c1)C(F)(F)F. The summed E-state index contributed by atoms with van der Waals surface area (Å²) in [7, 11) is 1.20. The fraction of sp³-hybridized carbons (Fsp3) is 0.308. The maximum atomic E-state index is 13.0. The van der Waals surface area contributed by atoms with E-state index in [4.69, 9.17) is 4.74 Å². The number of ether oxygens (including phenoxy) is 2. The van der Waals surface area contributed by atoms with Gasteiger partial charge in [-0.25, -0.2) is 4.79 Å². The Balaban J connectivity index is 3.18. The fourth-order valence-corrected chi connectivity index (χ4v) is 1.39. The van der Waals surface area contributed by atoms with E-state index in [1.807, 2.05) is 0 Å². The van der Waals surface area contributed by atoms with Gasteiger partial charge in [0.15, 0.2) is 11.5 Å². The largest absolute Gasteiger partial charge is 0.504 e. The number of rotatable bonds is 4. The van der Waals surface area contributed by atoms with Crippen molar-refractivity contribution in [1.82, 2.24) is 0 Å². The minimum absolute atomic E-state index is 0.148. The van der Waals surface area contributed by atoms with E-state index in [0.717, 1.165) is 18.2 Å². The molecule has 0 aliphatic rings. The number of carbonyl (C=O) groups is 1. The molecule has 4 nitrogen and oxygen atoms in total. The Morgan fingerprint density at radius 1 is 1.40 bits per heavy atom. The van der Waals surface area contributed by atoms with E-state index in [-0.39, 0.29) is 22.6 Å². The number of methoxy groups -OCH3 is 1. The zero-order chi connectivity index (χ0) is 15.5. The van der Waals surface area contributed by atoms with Crippen LogP contribution in [0.1, 0.15) is 18.6 Å². The molecule has 0 heterocycles. The summed E-state index contributed by atoms with van der Waals surface area (Å²) in [6.07, 6.45) is -7.26. The van der Waals surface area contributed by atoms with E-state index >= 15 is 0 Å². The van der Waals surface area contributed by atoms with Gasteiger partial charge < -0.3 is 14.6 Å². The van der Waals surface area contributed by atoms with Gasteiger partial charge in [0.05, 0.1) is 7.11 Å². The number of aromatic hydroxyl groups is 1. The molecule has 110 valence electrons. The third kappa shape index (κ3) is 3.66. The minimum Gasteiger partial charge on any atom is -0.504 e. The Hall–Kier alpha value is -2.18. The fourth-order valence-electron chi connectivity index (χ4n) is 1.39. The molecule has 0 amide bonds. The molecule has 0 bridgehead atoms. The highest BCUT2D eigenvalue weighted by atomic mass is 19.4. The van der Waals surface area contributed by atoms with Gasteiger partial charge in [0, 0.05) is 11.1 Å². The van der Waals surface area contributed by atoms with Crippen molar-refractivity contribution in [1.29, 1.82) is 0 Å². The zero-order valence-electron chi connectivity index (χ0n) is 10.8. The summed E-state index contributed by atoms with van der Waals surface area (Å²) in [4.78, 5) is 11.3. The monoisotopic (exact) mass is 290 g/mol. The first-order valence-electron chi connectivity index (χ1n) is 5.47. The van der Waals surface area contributed by atoms with Crippen molar-refractivity contribution in [2.24, 2.45) is 0 Å². The van der Waals surface area contributed by atoms with Crippen molar-refractivity contribution in [2.75, 3.05) is 7.11 Å². The molecule has 0 spiro atoms. The van der Waals surface area contributed by atoms with Crippen molar-refractivity contribution >= 4 is 5.97 Å². The average Bonchev–Trinajstić information content (AvgIpc) is 2.35. The maximum Gasteiger partial charge on any atom is 0.429 e. The normalized spacial score (nSPS) is 12.7. The second kappa shape index (κ2) is 5.85. The average molecular weight is 290 g/mol. The molecule has 1 unspecified atom stereocenters. The first kappa shape index (κ1) is 15.9. The number of phenolic OH excluding ortho intramolecular Hbond substituents is 1. The summed E-state index contributed by atoms with van der Waals surface area (Å²) in [6, 6.07) is 2.99. The third-order valence-electron chi connectivity index (χ3n) is 2.38. The van der Waals surface area contributed by atoms with Crippen LogP contribution in [0.15, 0.2) is 30.4 Å². The third-order valence-corrected chi connectivity index (χ3v) is 2.38. The van der Waals surface area contributed by atoms with Gasteiger partial charge in [-0.3, -0.25) is 0 Å². The second-order valence-electron chi connectivity index (χ2n) is 4.04. The van der Waals surface area contributed by atoms with Crippen LogP contribution in [-0.2, 0) is 9.53 Å². The maximum absolute atomic E-state index is 13.0.